The van der Waals surface area contributed by atoms with Crippen molar-refractivity contribution in [1.29, 1.82) is 0 Å². The quantitative estimate of drug-likeness (QED) is 0.536. The molecule has 2 N–H and O–H groups in total. The fourth-order valence-corrected chi connectivity index (χ4v) is 2.44. The first kappa shape index (κ1) is 27.9. The van der Waals surface area contributed by atoms with Gasteiger partial charge in [0.2, 0.25) is 0 Å². The van der Waals surface area contributed by atoms with E-state index in [9.17, 15) is 0 Å². The lowest BCUT2D eigenvalue weighted by atomic mass is 10.2. The SMILES string of the molecule is CCC(O)CO.CCC1CO1.Cc1cc(Cl)c(C)c(Cl)c1.Cc1ccc(C)cc1. The zero-order valence-corrected chi connectivity index (χ0v) is 20.0. The number of hydrogen-bond acceptors (Lipinski definition) is 3. The maximum absolute atomic E-state index is 8.42. The van der Waals surface area contributed by atoms with Crippen LogP contribution in [0.3, 0.4) is 0 Å². The maximum Gasteiger partial charge on any atom is 0.0807 e. The van der Waals surface area contributed by atoms with Crippen molar-refractivity contribution in [3.05, 3.63) is 68.7 Å². The molecule has 2 unspecified atom stereocenters. The number of ether oxygens (including phenoxy) is 1. The Hall–Kier alpha value is -1.10. The van der Waals surface area contributed by atoms with Gasteiger partial charge in [0.05, 0.1) is 25.4 Å². The van der Waals surface area contributed by atoms with Crippen molar-refractivity contribution >= 4 is 23.2 Å². The van der Waals surface area contributed by atoms with E-state index in [0.717, 1.165) is 27.8 Å². The lowest BCUT2D eigenvalue weighted by Crippen LogP contribution is -2.08. The summed E-state index contributed by atoms with van der Waals surface area (Å²) in [6.45, 7) is 12.9. The van der Waals surface area contributed by atoms with E-state index >= 15 is 0 Å². The Morgan fingerprint density at radius 2 is 1.34 bits per heavy atom. The van der Waals surface area contributed by atoms with Gasteiger partial charge in [0.25, 0.3) is 0 Å². The zero-order chi connectivity index (χ0) is 22.4. The molecular weight excluding hydrogens is 407 g/mol. The van der Waals surface area contributed by atoms with E-state index < -0.39 is 6.10 Å². The molecule has 0 aliphatic carbocycles. The van der Waals surface area contributed by atoms with E-state index in [1.807, 2.05) is 32.9 Å². The molecule has 1 fully saturated rings. The number of aliphatic hydroxyl groups is 2. The summed E-state index contributed by atoms with van der Waals surface area (Å²) in [7, 11) is 0. The third-order valence-corrected chi connectivity index (χ3v) is 4.97. The van der Waals surface area contributed by atoms with Crippen molar-refractivity contribution < 1.29 is 14.9 Å². The Balaban J connectivity index is 0.000000373. The molecule has 0 amide bonds. The minimum absolute atomic E-state index is 0.115. The fourth-order valence-electron chi connectivity index (χ4n) is 1.84. The van der Waals surface area contributed by atoms with Gasteiger partial charge in [0, 0.05) is 10.0 Å². The van der Waals surface area contributed by atoms with Gasteiger partial charge in [-0.3, -0.25) is 0 Å². The van der Waals surface area contributed by atoms with Crippen LogP contribution < -0.4 is 0 Å². The smallest absolute Gasteiger partial charge is 0.0807 e. The minimum atomic E-state index is -0.509. The maximum atomic E-state index is 8.42. The molecule has 3 rings (SSSR count). The van der Waals surface area contributed by atoms with E-state index in [-0.39, 0.29) is 6.61 Å². The predicted molar refractivity (Wildman–Crippen MR) is 125 cm³/mol. The Bertz CT molecular complexity index is 635. The molecule has 164 valence electrons. The minimum Gasteiger partial charge on any atom is -0.394 e. The van der Waals surface area contributed by atoms with Gasteiger partial charge in [-0.05, 0) is 63.8 Å². The van der Waals surface area contributed by atoms with Gasteiger partial charge in [-0.2, -0.15) is 0 Å². The molecule has 0 bridgehead atoms. The highest BCUT2D eigenvalue weighted by atomic mass is 35.5. The third-order valence-electron chi connectivity index (χ3n) is 4.18. The largest absolute Gasteiger partial charge is 0.394 e. The lowest BCUT2D eigenvalue weighted by molar-refractivity contribution is 0.0923. The van der Waals surface area contributed by atoms with Gasteiger partial charge in [0.1, 0.15) is 0 Å². The van der Waals surface area contributed by atoms with Crippen LogP contribution >= 0.6 is 23.2 Å². The van der Waals surface area contributed by atoms with Crippen LogP contribution in [0.1, 0.15) is 48.9 Å². The van der Waals surface area contributed by atoms with Gasteiger partial charge in [-0.1, -0.05) is 72.4 Å². The van der Waals surface area contributed by atoms with Crippen molar-refractivity contribution in [3.8, 4) is 0 Å². The normalized spacial score (nSPS) is 14.9. The van der Waals surface area contributed by atoms with E-state index in [1.165, 1.54) is 17.5 Å². The van der Waals surface area contributed by atoms with E-state index in [0.29, 0.717) is 12.5 Å². The van der Waals surface area contributed by atoms with Crippen molar-refractivity contribution in [1.82, 2.24) is 0 Å². The molecule has 2 aromatic rings. The number of halogens is 2. The monoisotopic (exact) mass is 442 g/mol. The Kier molecular flexibility index (Phi) is 15.1. The molecule has 1 saturated heterocycles. The second-order valence-electron chi connectivity index (χ2n) is 7.12. The molecule has 5 heteroatoms. The first-order valence-electron chi connectivity index (χ1n) is 10.0. The Labute approximate surface area is 186 Å². The summed E-state index contributed by atoms with van der Waals surface area (Å²) in [6, 6.07) is 12.3. The van der Waals surface area contributed by atoms with Crippen LogP contribution in [0.15, 0.2) is 36.4 Å². The van der Waals surface area contributed by atoms with E-state index in [1.54, 1.807) is 0 Å². The summed E-state index contributed by atoms with van der Waals surface area (Å²) in [5, 5.41) is 18.0. The molecule has 0 spiro atoms. The van der Waals surface area contributed by atoms with Crippen LogP contribution in [0.25, 0.3) is 0 Å². The second kappa shape index (κ2) is 15.7. The highest BCUT2D eigenvalue weighted by molar-refractivity contribution is 6.36. The number of hydrogen-bond donors (Lipinski definition) is 2. The standard InChI is InChI=1S/C8H8Cl2.C8H10.C4H10O2.C4H8O/c1-5-3-7(9)6(2)8(10)4-5;1-7-3-5-8(2)6-4-7;1-2-4(6)3-5;1-2-4-3-5-4/h3-4H,1-2H3;3-6H,1-2H3;4-6H,2-3H2,1H3;4H,2-3H2,1H3. The lowest BCUT2D eigenvalue weighted by Gasteiger charge is -2.01. The van der Waals surface area contributed by atoms with Crippen molar-refractivity contribution in [2.75, 3.05) is 13.2 Å². The highest BCUT2D eigenvalue weighted by Gasteiger charge is 2.18. The van der Waals surface area contributed by atoms with E-state index in [4.69, 9.17) is 38.2 Å². The van der Waals surface area contributed by atoms with Crippen LogP contribution in [0, 0.1) is 27.7 Å². The Morgan fingerprint density at radius 1 is 0.931 bits per heavy atom. The molecule has 1 aliphatic rings. The van der Waals surface area contributed by atoms with Gasteiger partial charge < -0.3 is 14.9 Å². The molecule has 1 aliphatic heterocycles. The number of aliphatic hydroxyl groups excluding tert-OH is 2. The highest BCUT2D eigenvalue weighted by Crippen LogP contribution is 2.24. The van der Waals surface area contributed by atoms with Gasteiger partial charge in [0.15, 0.2) is 0 Å². The van der Waals surface area contributed by atoms with E-state index in [2.05, 4.69) is 45.0 Å². The molecule has 0 saturated carbocycles. The fraction of sp³-hybridized carbons (Fsp3) is 0.500. The molecule has 29 heavy (non-hydrogen) atoms. The average Bonchev–Trinajstić information content (AvgIpc) is 3.54. The van der Waals surface area contributed by atoms with Crippen molar-refractivity contribution in [3.63, 3.8) is 0 Å². The summed E-state index contributed by atoms with van der Waals surface area (Å²) >= 11 is 11.7. The molecule has 0 aromatic heterocycles. The molecule has 0 radical (unpaired) electrons. The summed E-state index contributed by atoms with van der Waals surface area (Å²) < 4.78 is 4.86. The topological polar surface area (TPSA) is 53.0 Å². The first-order chi connectivity index (χ1) is 13.6. The van der Waals surface area contributed by atoms with Crippen molar-refractivity contribution in [2.24, 2.45) is 0 Å². The number of aryl methyl sites for hydroxylation is 3. The average molecular weight is 443 g/mol. The van der Waals surface area contributed by atoms with Crippen LogP contribution in [-0.4, -0.2) is 35.6 Å². The van der Waals surface area contributed by atoms with Crippen LogP contribution in [0.2, 0.25) is 10.0 Å². The van der Waals surface area contributed by atoms with Crippen LogP contribution in [0.5, 0.6) is 0 Å². The summed E-state index contributed by atoms with van der Waals surface area (Å²) in [4.78, 5) is 0. The van der Waals surface area contributed by atoms with Gasteiger partial charge in [-0.25, -0.2) is 0 Å². The Morgan fingerprint density at radius 3 is 1.55 bits per heavy atom. The molecule has 1 heterocycles. The van der Waals surface area contributed by atoms with Gasteiger partial charge in [-0.15, -0.1) is 0 Å². The summed E-state index contributed by atoms with van der Waals surface area (Å²) in [5.41, 5.74) is 4.71. The molecule has 2 aromatic carbocycles. The molecule has 3 nitrogen and oxygen atoms in total. The number of rotatable bonds is 3. The number of benzene rings is 2. The first-order valence-corrected chi connectivity index (χ1v) is 10.8. The molecule has 2 atom stereocenters. The molecular formula is C24H36Cl2O3. The summed E-state index contributed by atoms with van der Waals surface area (Å²) in [5.74, 6) is 0. The van der Waals surface area contributed by atoms with Crippen molar-refractivity contribution in [2.45, 2.75) is 66.6 Å². The van der Waals surface area contributed by atoms with Crippen LogP contribution in [-0.2, 0) is 4.74 Å². The zero-order valence-electron chi connectivity index (χ0n) is 18.5. The van der Waals surface area contributed by atoms with Gasteiger partial charge >= 0.3 is 0 Å². The number of epoxide rings is 1. The third kappa shape index (κ3) is 14.5. The predicted octanol–water partition coefficient (Wildman–Crippen LogP) is 6.46. The van der Waals surface area contributed by atoms with Crippen LogP contribution in [0.4, 0.5) is 0 Å². The summed E-state index contributed by atoms with van der Waals surface area (Å²) in [6.07, 6.45) is 1.95. The second-order valence-corrected chi connectivity index (χ2v) is 7.93.